The SMILES string of the molecule is CCn1c(CCCOc2ccc(Cl)cc2C)nnc1SCc1ccc(F)cc1. The van der Waals surface area contributed by atoms with Crippen molar-refractivity contribution in [1.82, 2.24) is 14.8 Å². The van der Waals surface area contributed by atoms with Crippen LogP contribution in [0.2, 0.25) is 5.02 Å². The minimum atomic E-state index is -0.219. The monoisotopic (exact) mass is 419 g/mol. The minimum absolute atomic E-state index is 0.219. The van der Waals surface area contributed by atoms with Crippen molar-refractivity contribution in [3.05, 3.63) is 70.3 Å². The summed E-state index contributed by atoms with van der Waals surface area (Å²) >= 11 is 7.59. The molecule has 3 rings (SSSR count). The van der Waals surface area contributed by atoms with Crippen LogP contribution in [0.15, 0.2) is 47.6 Å². The number of benzene rings is 2. The molecule has 28 heavy (non-hydrogen) atoms. The van der Waals surface area contributed by atoms with Crippen LogP contribution in [0.5, 0.6) is 5.75 Å². The van der Waals surface area contributed by atoms with Crippen LogP contribution in [0.3, 0.4) is 0 Å². The van der Waals surface area contributed by atoms with Gasteiger partial charge in [-0.05, 0) is 61.7 Å². The maximum Gasteiger partial charge on any atom is 0.191 e. The second-order valence-corrected chi connectivity index (χ2v) is 7.80. The molecule has 0 saturated carbocycles. The number of ether oxygens (including phenoxy) is 1. The predicted molar refractivity (Wildman–Crippen MR) is 112 cm³/mol. The fourth-order valence-corrected chi connectivity index (χ4v) is 4.05. The summed E-state index contributed by atoms with van der Waals surface area (Å²) in [6.07, 6.45) is 1.65. The Morgan fingerprint density at radius 1 is 1.14 bits per heavy atom. The van der Waals surface area contributed by atoms with Crippen molar-refractivity contribution in [1.29, 1.82) is 0 Å². The average molecular weight is 420 g/mol. The molecular weight excluding hydrogens is 397 g/mol. The number of halogens is 2. The molecule has 148 valence electrons. The quantitative estimate of drug-likeness (QED) is 0.329. The fourth-order valence-electron chi connectivity index (χ4n) is 2.84. The molecule has 2 aromatic carbocycles. The molecule has 4 nitrogen and oxygen atoms in total. The average Bonchev–Trinajstić information content (AvgIpc) is 3.08. The molecule has 0 unspecified atom stereocenters. The van der Waals surface area contributed by atoms with E-state index in [0.29, 0.717) is 11.6 Å². The third-order valence-corrected chi connectivity index (χ3v) is 5.60. The van der Waals surface area contributed by atoms with E-state index < -0.39 is 0 Å². The van der Waals surface area contributed by atoms with Crippen molar-refractivity contribution in [2.45, 2.75) is 44.1 Å². The summed E-state index contributed by atoms with van der Waals surface area (Å²) < 4.78 is 21.0. The molecule has 0 radical (unpaired) electrons. The number of rotatable bonds is 9. The van der Waals surface area contributed by atoms with Crippen molar-refractivity contribution in [2.24, 2.45) is 0 Å². The molecule has 1 aromatic heterocycles. The van der Waals surface area contributed by atoms with Gasteiger partial charge in [-0.25, -0.2) is 4.39 Å². The Bertz CT molecular complexity index is 915. The molecule has 0 fully saturated rings. The van der Waals surface area contributed by atoms with Gasteiger partial charge in [0.25, 0.3) is 0 Å². The van der Waals surface area contributed by atoms with Crippen LogP contribution in [0, 0.1) is 12.7 Å². The predicted octanol–water partition coefficient (Wildman–Crippen LogP) is 5.70. The lowest BCUT2D eigenvalue weighted by molar-refractivity contribution is 0.307. The number of hydrogen-bond acceptors (Lipinski definition) is 4. The van der Waals surface area contributed by atoms with Gasteiger partial charge in [-0.3, -0.25) is 0 Å². The van der Waals surface area contributed by atoms with Crippen LogP contribution in [-0.2, 0) is 18.7 Å². The van der Waals surface area contributed by atoms with Gasteiger partial charge < -0.3 is 9.30 Å². The smallest absolute Gasteiger partial charge is 0.191 e. The molecule has 1 heterocycles. The molecule has 0 atom stereocenters. The zero-order chi connectivity index (χ0) is 19.9. The Kier molecular flexibility index (Phi) is 7.34. The normalized spacial score (nSPS) is 11.0. The number of nitrogens with zero attached hydrogens (tertiary/aromatic N) is 3. The fraction of sp³-hybridized carbons (Fsp3) is 0.333. The van der Waals surface area contributed by atoms with Gasteiger partial charge >= 0.3 is 0 Å². The van der Waals surface area contributed by atoms with Gasteiger partial charge in [-0.1, -0.05) is 35.5 Å². The van der Waals surface area contributed by atoms with Crippen LogP contribution in [-0.4, -0.2) is 21.4 Å². The van der Waals surface area contributed by atoms with Crippen LogP contribution in [0.1, 0.15) is 30.3 Å². The Morgan fingerprint density at radius 3 is 2.64 bits per heavy atom. The zero-order valence-electron chi connectivity index (χ0n) is 16.0. The van der Waals surface area contributed by atoms with Crippen LogP contribution >= 0.6 is 23.4 Å². The summed E-state index contributed by atoms with van der Waals surface area (Å²) in [5.41, 5.74) is 2.09. The van der Waals surface area contributed by atoms with Crippen molar-refractivity contribution in [3.8, 4) is 5.75 Å². The summed E-state index contributed by atoms with van der Waals surface area (Å²) in [5.74, 6) is 2.33. The highest BCUT2D eigenvalue weighted by Crippen LogP contribution is 2.24. The molecule has 0 spiro atoms. The zero-order valence-corrected chi connectivity index (χ0v) is 17.6. The second kappa shape index (κ2) is 9.94. The first-order chi connectivity index (χ1) is 13.6. The number of hydrogen-bond donors (Lipinski definition) is 0. The van der Waals surface area contributed by atoms with Gasteiger partial charge in [-0.15, -0.1) is 10.2 Å². The Balaban J connectivity index is 1.52. The summed E-state index contributed by atoms with van der Waals surface area (Å²) in [6.45, 7) is 5.49. The van der Waals surface area contributed by atoms with Gasteiger partial charge in [-0.2, -0.15) is 0 Å². The van der Waals surface area contributed by atoms with Gasteiger partial charge in [0.2, 0.25) is 0 Å². The molecule has 0 aliphatic heterocycles. The lowest BCUT2D eigenvalue weighted by atomic mass is 10.2. The van der Waals surface area contributed by atoms with Crippen molar-refractivity contribution >= 4 is 23.4 Å². The standard InChI is InChI=1S/C21H23ClFN3OS/c1-3-26-20(5-4-12-27-19-11-8-17(22)13-15(19)2)24-25-21(26)28-14-16-6-9-18(23)10-7-16/h6-11,13H,3-5,12,14H2,1-2H3. The van der Waals surface area contributed by atoms with Crippen molar-refractivity contribution in [3.63, 3.8) is 0 Å². The number of aryl methyl sites for hydroxylation is 2. The van der Waals surface area contributed by atoms with Crippen LogP contribution in [0.4, 0.5) is 4.39 Å². The van der Waals surface area contributed by atoms with Crippen molar-refractivity contribution in [2.75, 3.05) is 6.61 Å². The lowest BCUT2D eigenvalue weighted by Gasteiger charge is -2.10. The summed E-state index contributed by atoms with van der Waals surface area (Å²) in [4.78, 5) is 0. The first-order valence-electron chi connectivity index (χ1n) is 9.25. The molecule has 0 saturated heterocycles. The summed E-state index contributed by atoms with van der Waals surface area (Å²) in [7, 11) is 0. The Morgan fingerprint density at radius 2 is 1.93 bits per heavy atom. The molecular formula is C21H23ClFN3OS. The van der Waals surface area contributed by atoms with E-state index >= 15 is 0 Å². The Hall–Kier alpha value is -2.05. The molecule has 7 heteroatoms. The van der Waals surface area contributed by atoms with E-state index in [4.69, 9.17) is 16.3 Å². The van der Waals surface area contributed by atoms with E-state index in [2.05, 4.69) is 21.7 Å². The largest absolute Gasteiger partial charge is 0.493 e. The highest BCUT2D eigenvalue weighted by Gasteiger charge is 2.11. The molecule has 3 aromatic rings. The maximum atomic E-state index is 13.0. The lowest BCUT2D eigenvalue weighted by Crippen LogP contribution is -2.06. The summed E-state index contributed by atoms with van der Waals surface area (Å²) in [5, 5.41) is 10.3. The first-order valence-corrected chi connectivity index (χ1v) is 10.6. The Labute approximate surface area is 174 Å². The molecule has 0 aliphatic carbocycles. The summed E-state index contributed by atoms with van der Waals surface area (Å²) in [6, 6.07) is 12.2. The second-order valence-electron chi connectivity index (χ2n) is 6.42. The van der Waals surface area contributed by atoms with E-state index in [0.717, 1.165) is 53.0 Å². The van der Waals surface area contributed by atoms with E-state index in [1.165, 1.54) is 12.1 Å². The maximum absolute atomic E-state index is 13.0. The van der Waals surface area contributed by atoms with Crippen molar-refractivity contribution < 1.29 is 9.13 Å². The van der Waals surface area contributed by atoms with Gasteiger partial charge in [0, 0.05) is 23.7 Å². The molecule has 0 bridgehead atoms. The van der Waals surface area contributed by atoms with E-state index in [1.807, 2.05) is 25.1 Å². The first kappa shape index (κ1) is 20.7. The van der Waals surface area contributed by atoms with E-state index in [1.54, 1.807) is 23.9 Å². The number of thioether (sulfide) groups is 1. The van der Waals surface area contributed by atoms with E-state index in [-0.39, 0.29) is 5.82 Å². The minimum Gasteiger partial charge on any atom is -0.493 e. The highest BCUT2D eigenvalue weighted by atomic mass is 35.5. The molecule has 0 N–H and O–H groups in total. The molecule has 0 amide bonds. The topological polar surface area (TPSA) is 39.9 Å². The van der Waals surface area contributed by atoms with Gasteiger partial charge in [0.1, 0.15) is 17.4 Å². The highest BCUT2D eigenvalue weighted by molar-refractivity contribution is 7.98. The van der Waals surface area contributed by atoms with Crippen LogP contribution < -0.4 is 4.74 Å². The van der Waals surface area contributed by atoms with Gasteiger partial charge in [0.15, 0.2) is 5.16 Å². The third kappa shape index (κ3) is 5.49. The van der Waals surface area contributed by atoms with E-state index in [9.17, 15) is 4.39 Å². The third-order valence-electron chi connectivity index (χ3n) is 4.33. The van der Waals surface area contributed by atoms with Crippen LogP contribution in [0.25, 0.3) is 0 Å². The molecule has 0 aliphatic rings. The van der Waals surface area contributed by atoms with Gasteiger partial charge in [0.05, 0.1) is 6.61 Å². The number of aromatic nitrogens is 3.